The van der Waals surface area contributed by atoms with Gasteiger partial charge in [0.15, 0.2) is 0 Å². The largest absolute Gasteiger partial charge is 0.488 e. The quantitative estimate of drug-likeness (QED) is 0.493. The van der Waals surface area contributed by atoms with Gasteiger partial charge in [-0.25, -0.2) is 0 Å². The molecule has 2 rings (SSSR count). The first kappa shape index (κ1) is 24.5. The van der Waals surface area contributed by atoms with Gasteiger partial charge in [-0.2, -0.15) is 0 Å². The van der Waals surface area contributed by atoms with Crippen LogP contribution in [-0.2, 0) is 13.2 Å². The van der Waals surface area contributed by atoms with E-state index in [1.807, 2.05) is 37.4 Å². The molecule has 0 bridgehead atoms. The van der Waals surface area contributed by atoms with Crippen LogP contribution in [0.1, 0.15) is 17.5 Å². The van der Waals surface area contributed by atoms with Crippen molar-refractivity contribution in [3.63, 3.8) is 0 Å². The molecule has 140 valence electrons. The summed E-state index contributed by atoms with van der Waals surface area (Å²) in [6, 6.07) is 13.9. The van der Waals surface area contributed by atoms with Crippen molar-refractivity contribution in [2.75, 3.05) is 20.1 Å². The molecule has 0 unspecified atom stereocenters. The summed E-state index contributed by atoms with van der Waals surface area (Å²) in [7, 11) is 1.97. The predicted molar refractivity (Wildman–Crippen MR) is 115 cm³/mol. The molecule has 0 radical (unpaired) electrons. The number of ether oxygens (including phenoxy) is 1. The predicted octanol–water partition coefficient (Wildman–Crippen LogP) is 5.22. The lowest BCUT2D eigenvalue weighted by Gasteiger charge is -2.11. The van der Waals surface area contributed by atoms with Gasteiger partial charge in [-0.3, -0.25) is 0 Å². The zero-order valence-electron chi connectivity index (χ0n) is 14.1. The van der Waals surface area contributed by atoms with E-state index in [2.05, 4.69) is 38.7 Å². The Bertz CT molecular complexity index is 612. The maximum Gasteiger partial charge on any atom is 0.134 e. The van der Waals surface area contributed by atoms with Crippen LogP contribution < -0.4 is 15.4 Å². The molecular weight excluding hydrogens is 446 g/mol. The van der Waals surface area contributed by atoms with Crippen LogP contribution in [0.3, 0.4) is 0 Å². The van der Waals surface area contributed by atoms with Crippen molar-refractivity contribution in [3.05, 3.63) is 63.1 Å². The van der Waals surface area contributed by atoms with Gasteiger partial charge in [-0.15, -0.1) is 24.8 Å². The fourth-order valence-electron chi connectivity index (χ4n) is 2.14. The molecule has 0 aliphatic rings. The molecule has 2 aromatic rings. The second-order valence-corrected chi connectivity index (χ2v) is 6.60. The molecule has 2 N–H and O–H groups in total. The lowest BCUT2D eigenvalue weighted by atomic mass is 10.2. The highest BCUT2D eigenvalue weighted by atomic mass is 79.9. The van der Waals surface area contributed by atoms with E-state index in [1.54, 1.807) is 0 Å². The second kappa shape index (κ2) is 13.7. The highest BCUT2D eigenvalue weighted by Gasteiger charge is 2.04. The molecule has 0 atom stereocenters. The Labute approximate surface area is 175 Å². The number of nitrogens with one attached hydrogen (secondary N) is 2. The Morgan fingerprint density at radius 3 is 2.32 bits per heavy atom. The summed E-state index contributed by atoms with van der Waals surface area (Å²) in [5.41, 5.74) is 2.33. The van der Waals surface area contributed by atoms with Crippen LogP contribution in [0, 0.1) is 0 Å². The molecule has 7 heteroatoms. The Hall–Kier alpha value is -0.490. The summed E-state index contributed by atoms with van der Waals surface area (Å²) < 4.78 is 6.83. The summed E-state index contributed by atoms with van der Waals surface area (Å²) in [5.74, 6) is 0.846. The third kappa shape index (κ3) is 9.13. The van der Waals surface area contributed by atoms with E-state index in [-0.39, 0.29) is 24.8 Å². The molecule has 0 aliphatic carbocycles. The van der Waals surface area contributed by atoms with Gasteiger partial charge < -0.3 is 15.4 Å². The Morgan fingerprint density at radius 2 is 1.68 bits per heavy atom. The molecule has 0 spiro atoms. The standard InChI is InChI=1S/C18H22BrClN2O.2ClH/c1-21-9-2-10-22-12-15-5-8-18(17(19)11-15)23-13-14-3-6-16(20)7-4-14;;/h3-8,11,21-22H,2,9-10,12-13H2,1H3;2*1H. The van der Waals surface area contributed by atoms with Crippen LogP contribution in [0.2, 0.25) is 5.02 Å². The zero-order chi connectivity index (χ0) is 16.5. The van der Waals surface area contributed by atoms with E-state index >= 15 is 0 Å². The van der Waals surface area contributed by atoms with Gasteiger partial charge in [0.25, 0.3) is 0 Å². The molecule has 0 aliphatic heterocycles. The van der Waals surface area contributed by atoms with E-state index in [1.165, 1.54) is 5.56 Å². The number of halogens is 4. The number of hydrogen-bond donors (Lipinski definition) is 2. The minimum atomic E-state index is 0. The Balaban J connectivity index is 0.00000288. The van der Waals surface area contributed by atoms with Gasteiger partial charge >= 0.3 is 0 Å². The van der Waals surface area contributed by atoms with Gasteiger partial charge in [0.05, 0.1) is 4.47 Å². The fourth-order valence-corrected chi connectivity index (χ4v) is 2.80. The van der Waals surface area contributed by atoms with E-state index in [0.717, 1.165) is 46.9 Å². The zero-order valence-corrected chi connectivity index (χ0v) is 18.0. The van der Waals surface area contributed by atoms with Crippen LogP contribution in [0.15, 0.2) is 46.9 Å². The van der Waals surface area contributed by atoms with E-state index in [0.29, 0.717) is 6.61 Å². The second-order valence-electron chi connectivity index (χ2n) is 5.31. The minimum Gasteiger partial charge on any atom is -0.488 e. The average Bonchev–Trinajstić information content (AvgIpc) is 2.55. The summed E-state index contributed by atoms with van der Waals surface area (Å²) in [6.45, 7) is 3.43. The molecule has 0 amide bonds. The molecule has 0 fully saturated rings. The van der Waals surface area contributed by atoms with Crippen LogP contribution in [-0.4, -0.2) is 20.1 Å². The van der Waals surface area contributed by atoms with Crippen molar-refractivity contribution in [1.29, 1.82) is 0 Å². The van der Waals surface area contributed by atoms with Gasteiger partial charge in [0, 0.05) is 11.6 Å². The fraction of sp³-hybridized carbons (Fsp3) is 0.333. The highest BCUT2D eigenvalue weighted by molar-refractivity contribution is 9.10. The first-order valence-electron chi connectivity index (χ1n) is 7.70. The first-order valence-corrected chi connectivity index (χ1v) is 8.87. The normalized spacial score (nSPS) is 9.88. The molecule has 2 aromatic carbocycles. The van der Waals surface area contributed by atoms with Gasteiger partial charge in [0.1, 0.15) is 12.4 Å². The van der Waals surface area contributed by atoms with Crippen molar-refractivity contribution in [2.45, 2.75) is 19.6 Å². The third-order valence-electron chi connectivity index (χ3n) is 3.41. The van der Waals surface area contributed by atoms with Gasteiger partial charge in [-0.1, -0.05) is 29.8 Å². The van der Waals surface area contributed by atoms with Gasteiger partial charge in [-0.05, 0) is 77.9 Å². The minimum absolute atomic E-state index is 0. The molecule has 0 heterocycles. The monoisotopic (exact) mass is 468 g/mol. The summed E-state index contributed by atoms with van der Waals surface area (Å²) >= 11 is 9.47. The lowest BCUT2D eigenvalue weighted by molar-refractivity contribution is 0.304. The number of hydrogen-bond acceptors (Lipinski definition) is 3. The number of rotatable bonds is 9. The lowest BCUT2D eigenvalue weighted by Crippen LogP contribution is -2.19. The van der Waals surface area contributed by atoms with Crippen LogP contribution in [0.5, 0.6) is 5.75 Å². The highest BCUT2D eigenvalue weighted by Crippen LogP contribution is 2.27. The molecule has 0 saturated heterocycles. The third-order valence-corrected chi connectivity index (χ3v) is 4.29. The van der Waals surface area contributed by atoms with Crippen LogP contribution >= 0.6 is 52.3 Å². The Kier molecular flexibility index (Phi) is 13.4. The molecular formula is C18H24BrCl3N2O. The van der Waals surface area contributed by atoms with Crippen LogP contribution in [0.4, 0.5) is 0 Å². The first-order chi connectivity index (χ1) is 11.2. The SMILES string of the molecule is CNCCCNCc1ccc(OCc2ccc(Cl)cc2)c(Br)c1.Cl.Cl. The Morgan fingerprint density at radius 1 is 1.00 bits per heavy atom. The summed E-state index contributed by atoms with van der Waals surface area (Å²) in [4.78, 5) is 0. The van der Waals surface area contributed by atoms with Crippen molar-refractivity contribution in [2.24, 2.45) is 0 Å². The molecule has 0 aromatic heterocycles. The topological polar surface area (TPSA) is 33.3 Å². The van der Waals surface area contributed by atoms with Gasteiger partial charge in [0.2, 0.25) is 0 Å². The summed E-state index contributed by atoms with van der Waals surface area (Å²) in [5, 5.41) is 7.31. The van der Waals surface area contributed by atoms with E-state index < -0.39 is 0 Å². The molecule has 0 saturated carbocycles. The van der Waals surface area contributed by atoms with Crippen molar-refractivity contribution < 1.29 is 4.74 Å². The molecule has 25 heavy (non-hydrogen) atoms. The summed E-state index contributed by atoms with van der Waals surface area (Å²) in [6.07, 6.45) is 1.12. The van der Waals surface area contributed by atoms with E-state index in [4.69, 9.17) is 16.3 Å². The maximum atomic E-state index is 5.88. The van der Waals surface area contributed by atoms with Crippen molar-refractivity contribution >= 4 is 52.3 Å². The smallest absolute Gasteiger partial charge is 0.134 e. The van der Waals surface area contributed by atoms with Crippen molar-refractivity contribution in [1.82, 2.24) is 10.6 Å². The van der Waals surface area contributed by atoms with Crippen LogP contribution in [0.25, 0.3) is 0 Å². The van der Waals surface area contributed by atoms with Crippen molar-refractivity contribution in [3.8, 4) is 5.75 Å². The van der Waals surface area contributed by atoms with E-state index in [9.17, 15) is 0 Å². The maximum absolute atomic E-state index is 5.88. The number of benzene rings is 2. The molecule has 3 nitrogen and oxygen atoms in total. The average molecular weight is 471 g/mol.